The van der Waals surface area contributed by atoms with Gasteiger partial charge in [0.2, 0.25) is 0 Å². The zero-order chi connectivity index (χ0) is 18.1. The van der Waals surface area contributed by atoms with Crippen molar-refractivity contribution in [2.75, 3.05) is 26.3 Å². The summed E-state index contributed by atoms with van der Waals surface area (Å²) in [7, 11) is 0. The minimum absolute atomic E-state index is 0.259. The van der Waals surface area contributed by atoms with E-state index in [2.05, 4.69) is 9.89 Å². The zero-order valence-corrected chi connectivity index (χ0v) is 15.9. The van der Waals surface area contributed by atoms with E-state index in [1.807, 2.05) is 0 Å². The predicted molar refractivity (Wildman–Crippen MR) is 105 cm³/mol. The van der Waals surface area contributed by atoms with E-state index in [1.165, 1.54) is 11.8 Å². The van der Waals surface area contributed by atoms with Gasteiger partial charge in [-0.15, -0.1) is 0 Å². The summed E-state index contributed by atoms with van der Waals surface area (Å²) in [6, 6.07) is 8.85. The number of amidine groups is 1. The number of carbonyl (C=O) groups excluding carboxylic acids is 1. The molecule has 1 fully saturated rings. The molecule has 8 heteroatoms. The number of hydrogen-bond donors (Lipinski definition) is 0. The van der Waals surface area contributed by atoms with Crippen LogP contribution in [0.3, 0.4) is 0 Å². The van der Waals surface area contributed by atoms with Gasteiger partial charge in [-0.05, 0) is 36.0 Å². The van der Waals surface area contributed by atoms with E-state index in [-0.39, 0.29) is 5.91 Å². The van der Waals surface area contributed by atoms with Crippen molar-refractivity contribution in [3.8, 4) is 11.3 Å². The Morgan fingerprint density at radius 2 is 1.85 bits per heavy atom. The molecule has 2 aliphatic heterocycles. The summed E-state index contributed by atoms with van der Waals surface area (Å²) < 4.78 is 11.2. The number of halogens is 2. The van der Waals surface area contributed by atoms with E-state index in [9.17, 15) is 4.79 Å². The third-order valence-electron chi connectivity index (χ3n) is 4.00. The van der Waals surface area contributed by atoms with Crippen LogP contribution in [-0.4, -0.2) is 42.3 Å². The number of furan rings is 1. The molecule has 0 saturated carbocycles. The molecule has 3 heterocycles. The summed E-state index contributed by atoms with van der Waals surface area (Å²) in [4.78, 5) is 18.9. The average Bonchev–Trinajstić information content (AvgIpc) is 3.23. The summed E-state index contributed by atoms with van der Waals surface area (Å²) in [5, 5.41) is 1.73. The summed E-state index contributed by atoms with van der Waals surface area (Å²) in [5.74, 6) is 0.840. The largest absolute Gasteiger partial charge is 0.457 e. The highest BCUT2D eigenvalue weighted by Gasteiger charge is 2.27. The second-order valence-corrected chi connectivity index (χ2v) is 7.53. The monoisotopic (exact) mass is 408 g/mol. The summed E-state index contributed by atoms with van der Waals surface area (Å²) in [6.07, 6.45) is 1.69. The SMILES string of the molecule is O=C1N=C(N2CCOCC2)S/C1=C/c1ccc(-c2c(Cl)cccc2Cl)o1. The second-order valence-electron chi connectivity index (χ2n) is 5.71. The van der Waals surface area contributed by atoms with Gasteiger partial charge in [0.1, 0.15) is 11.5 Å². The Morgan fingerprint density at radius 1 is 1.12 bits per heavy atom. The van der Waals surface area contributed by atoms with Gasteiger partial charge in [-0.25, -0.2) is 0 Å². The Morgan fingerprint density at radius 3 is 2.58 bits per heavy atom. The molecular formula is C18H14Cl2N2O3S. The van der Waals surface area contributed by atoms with Crippen LogP contribution in [0.15, 0.2) is 44.6 Å². The molecule has 0 unspecified atom stereocenters. The fourth-order valence-electron chi connectivity index (χ4n) is 2.72. The maximum absolute atomic E-state index is 12.2. The number of hydrogen-bond acceptors (Lipinski definition) is 5. The van der Waals surface area contributed by atoms with Gasteiger partial charge in [0, 0.05) is 19.2 Å². The normalized spacial score (nSPS) is 19.3. The van der Waals surface area contributed by atoms with Crippen LogP contribution in [-0.2, 0) is 9.53 Å². The van der Waals surface area contributed by atoms with Gasteiger partial charge < -0.3 is 14.1 Å². The fourth-order valence-corrected chi connectivity index (χ4v) is 4.24. The molecule has 1 aromatic heterocycles. The van der Waals surface area contributed by atoms with Crippen LogP contribution in [0.1, 0.15) is 5.76 Å². The summed E-state index contributed by atoms with van der Waals surface area (Å²) in [6.45, 7) is 2.77. The molecule has 2 aliphatic rings. The first-order chi connectivity index (χ1) is 12.6. The number of aliphatic imine (C=N–C) groups is 1. The highest BCUT2D eigenvalue weighted by atomic mass is 35.5. The highest BCUT2D eigenvalue weighted by molar-refractivity contribution is 8.18. The molecule has 5 nitrogen and oxygen atoms in total. The Bertz CT molecular complexity index is 897. The Hall–Kier alpha value is -1.73. The fraction of sp³-hybridized carbons (Fsp3) is 0.222. The minimum Gasteiger partial charge on any atom is -0.457 e. The molecule has 0 atom stereocenters. The molecule has 4 rings (SSSR count). The molecule has 0 N–H and O–H groups in total. The second kappa shape index (κ2) is 7.48. The van der Waals surface area contributed by atoms with E-state index < -0.39 is 0 Å². The van der Waals surface area contributed by atoms with E-state index in [0.717, 1.165) is 13.1 Å². The third kappa shape index (κ3) is 3.55. The van der Waals surface area contributed by atoms with Gasteiger partial charge in [0.25, 0.3) is 5.91 Å². The number of nitrogens with zero attached hydrogens (tertiary/aromatic N) is 2. The molecule has 1 aromatic carbocycles. The number of amides is 1. The van der Waals surface area contributed by atoms with Crippen molar-refractivity contribution in [2.24, 2.45) is 4.99 Å². The quantitative estimate of drug-likeness (QED) is 0.681. The number of rotatable bonds is 2. The van der Waals surface area contributed by atoms with Gasteiger partial charge >= 0.3 is 0 Å². The smallest absolute Gasteiger partial charge is 0.286 e. The molecule has 134 valence electrons. The van der Waals surface area contributed by atoms with Crippen molar-refractivity contribution in [3.63, 3.8) is 0 Å². The molecular weight excluding hydrogens is 395 g/mol. The van der Waals surface area contributed by atoms with Crippen LogP contribution in [0.4, 0.5) is 0 Å². The zero-order valence-electron chi connectivity index (χ0n) is 13.6. The molecule has 1 amide bonds. The number of thioether (sulfide) groups is 1. The van der Waals surface area contributed by atoms with Crippen molar-refractivity contribution in [3.05, 3.63) is 51.0 Å². The van der Waals surface area contributed by atoms with Crippen LogP contribution >= 0.6 is 35.0 Å². The predicted octanol–water partition coefficient (Wildman–Crippen LogP) is 4.56. The van der Waals surface area contributed by atoms with Crippen molar-refractivity contribution in [1.82, 2.24) is 4.90 Å². The third-order valence-corrected chi connectivity index (χ3v) is 5.67. The molecule has 2 aromatic rings. The van der Waals surface area contributed by atoms with Crippen LogP contribution < -0.4 is 0 Å². The van der Waals surface area contributed by atoms with Gasteiger partial charge in [-0.2, -0.15) is 4.99 Å². The topological polar surface area (TPSA) is 55.0 Å². The Balaban J connectivity index is 1.55. The molecule has 0 spiro atoms. The van der Waals surface area contributed by atoms with Gasteiger partial charge in [-0.1, -0.05) is 29.3 Å². The Labute approximate surface area is 164 Å². The van der Waals surface area contributed by atoms with E-state index in [0.29, 0.717) is 50.4 Å². The minimum atomic E-state index is -0.259. The van der Waals surface area contributed by atoms with Crippen LogP contribution in [0.2, 0.25) is 10.0 Å². The van der Waals surface area contributed by atoms with Gasteiger partial charge in [0.05, 0.1) is 33.7 Å². The lowest BCUT2D eigenvalue weighted by atomic mass is 10.2. The lowest BCUT2D eigenvalue weighted by Crippen LogP contribution is -2.38. The first-order valence-corrected chi connectivity index (χ1v) is 9.58. The van der Waals surface area contributed by atoms with Crippen molar-refractivity contribution >= 4 is 52.1 Å². The lowest BCUT2D eigenvalue weighted by Gasteiger charge is -2.27. The summed E-state index contributed by atoms with van der Waals surface area (Å²) >= 11 is 13.8. The molecule has 0 aliphatic carbocycles. The molecule has 26 heavy (non-hydrogen) atoms. The van der Waals surface area contributed by atoms with Crippen molar-refractivity contribution in [2.45, 2.75) is 0 Å². The number of carbonyl (C=O) groups is 1. The van der Waals surface area contributed by atoms with Gasteiger partial charge in [0.15, 0.2) is 5.17 Å². The first-order valence-electron chi connectivity index (χ1n) is 8.01. The van der Waals surface area contributed by atoms with Crippen LogP contribution in [0, 0.1) is 0 Å². The molecule has 0 bridgehead atoms. The van der Waals surface area contributed by atoms with Gasteiger partial charge in [-0.3, -0.25) is 4.79 Å². The van der Waals surface area contributed by atoms with E-state index >= 15 is 0 Å². The Kier molecular flexibility index (Phi) is 5.09. The van der Waals surface area contributed by atoms with Crippen molar-refractivity contribution < 1.29 is 13.9 Å². The van der Waals surface area contributed by atoms with E-state index in [1.54, 1.807) is 36.4 Å². The first kappa shape index (κ1) is 17.7. The molecule has 0 radical (unpaired) electrons. The number of benzene rings is 1. The van der Waals surface area contributed by atoms with Crippen LogP contribution in [0.25, 0.3) is 17.4 Å². The van der Waals surface area contributed by atoms with Crippen LogP contribution in [0.5, 0.6) is 0 Å². The van der Waals surface area contributed by atoms with Crippen molar-refractivity contribution in [1.29, 1.82) is 0 Å². The maximum Gasteiger partial charge on any atom is 0.286 e. The summed E-state index contributed by atoms with van der Waals surface area (Å²) in [5.41, 5.74) is 0.635. The lowest BCUT2D eigenvalue weighted by molar-refractivity contribution is -0.113. The average molecular weight is 409 g/mol. The standard InChI is InChI=1S/C18H14Cl2N2O3S/c19-12-2-1-3-13(20)16(12)14-5-4-11(25-14)10-15-17(23)21-18(26-15)22-6-8-24-9-7-22/h1-5,10H,6-9H2/b15-10+. The number of ether oxygens (including phenoxy) is 1. The highest BCUT2D eigenvalue weighted by Crippen LogP contribution is 2.37. The molecule has 1 saturated heterocycles. The maximum atomic E-state index is 12.2. The van der Waals surface area contributed by atoms with E-state index in [4.69, 9.17) is 32.4 Å². The number of morpholine rings is 1.